The van der Waals surface area contributed by atoms with Crippen LogP contribution < -0.4 is 0 Å². The summed E-state index contributed by atoms with van der Waals surface area (Å²) in [5.41, 5.74) is 0.780. The summed E-state index contributed by atoms with van der Waals surface area (Å²) in [5.74, 6) is -1.26. The first kappa shape index (κ1) is 13.3. The van der Waals surface area contributed by atoms with Gasteiger partial charge in [0, 0.05) is 16.0 Å². The Morgan fingerprint density at radius 1 is 1.56 bits per heavy atom. The number of carbonyl (C=O) groups is 1. The smallest absolute Gasteiger partial charge is 0.313 e. The zero-order valence-corrected chi connectivity index (χ0v) is 12.0. The highest BCUT2D eigenvalue weighted by Gasteiger charge is 2.10. The average molecular weight is 378 g/mol. The predicted octanol–water partition coefficient (Wildman–Crippen LogP) is 2.79. The Bertz CT molecular complexity index is 588. The van der Waals surface area contributed by atoms with Crippen LogP contribution in [0.4, 0.5) is 4.39 Å². The maximum atomic E-state index is 13.0. The normalized spacial score (nSPS) is 10.6. The lowest BCUT2D eigenvalue weighted by Gasteiger charge is -2.08. The van der Waals surface area contributed by atoms with Crippen molar-refractivity contribution in [2.24, 2.45) is 0 Å². The van der Waals surface area contributed by atoms with E-state index in [1.807, 2.05) is 22.6 Å². The van der Waals surface area contributed by atoms with E-state index in [0.717, 1.165) is 21.0 Å². The van der Waals surface area contributed by atoms with Gasteiger partial charge in [-0.2, -0.15) is 0 Å². The number of benzene rings is 1. The van der Waals surface area contributed by atoms with Crippen LogP contribution in [0.2, 0.25) is 0 Å². The second-order valence-electron chi connectivity index (χ2n) is 3.36. The van der Waals surface area contributed by atoms with Crippen molar-refractivity contribution in [1.82, 2.24) is 9.55 Å². The summed E-state index contributed by atoms with van der Waals surface area (Å²) < 4.78 is 15.5. The summed E-state index contributed by atoms with van der Waals surface area (Å²) in [6.45, 7) is 0. The number of aliphatic carboxylic acids is 1. The van der Waals surface area contributed by atoms with Crippen molar-refractivity contribution in [2.75, 3.05) is 5.75 Å². The van der Waals surface area contributed by atoms with Crippen LogP contribution in [0.25, 0.3) is 5.69 Å². The Kier molecular flexibility index (Phi) is 4.23. The molecule has 7 heteroatoms. The molecule has 0 aliphatic carbocycles. The molecule has 2 rings (SSSR count). The van der Waals surface area contributed by atoms with Crippen LogP contribution in [0.1, 0.15) is 0 Å². The monoisotopic (exact) mass is 378 g/mol. The van der Waals surface area contributed by atoms with Gasteiger partial charge >= 0.3 is 5.97 Å². The third-order valence-electron chi connectivity index (χ3n) is 2.10. The zero-order chi connectivity index (χ0) is 13.1. The molecular weight excluding hydrogens is 370 g/mol. The molecule has 0 bridgehead atoms. The lowest BCUT2D eigenvalue weighted by molar-refractivity contribution is -0.133. The molecule has 0 atom stereocenters. The fraction of sp³-hybridized carbons (Fsp3) is 0.0909. The van der Waals surface area contributed by atoms with Gasteiger partial charge in [0.05, 0.1) is 11.4 Å². The molecule has 4 nitrogen and oxygen atoms in total. The van der Waals surface area contributed by atoms with E-state index in [4.69, 9.17) is 5.11 Å². The van der Waals surface area contributed by atoms with Crippen molar-refractivity contribution >= 4 is 40.3 Å². The molecule has 0 saturated heterocycles. The first-order valence-electron chi connectivity index (χ1n) is 4.91. The number of aromatic nitrogens is 2. The minimum atomic E-state index is -0.900. The molecular formula is C11H8FIN2O2S. The topological polar surface area (TPSA) is 55.1 Å². The minimum Gasteiger partial charge on any atom is -0.481 e. The Balaban J connectivity index is 2.33. The quantitative estimate of drug-likeness (QED) is 0.657. The van der Waals surface area contributed by atoms with Crippen LogP contribution in [0.3, 0.4) is 0 Å². The van der Waals surface area contributed by atoms with Gasteiger partial charge in [0.2, 0.25) is 0 Å². The summed E-state index contributed by atoms with van der Waals surface area (Å²) in [6, 6.07) is 4.42. The van der Waals surface area contributed by atoms with E-state index in [0.29, 0.717) is 5.16 Å². The van der Waals surface area contributed by atoms with Crippen LogP contribution >= 0.6 is 34.4 Å². The van der Waals surface area contributed by atoms with E-state index in [2.05, 4.69) is 4.98 Å². The molecule has 1 heterocycles. The van der Waals surface area contributed by atoms with E-state index in [9.17, 15) is 9.18 Å². The van der Waals surface area contributed by atoms with Crippen molar-refractivity contribution in [3.63, 3.8) is 0 Å². The maximum absolute atomic E-state index is 13.0. The number of hydrogen-bond donors (Lipinski definition) is 1. The molecule has 1 aromatic carbocycles. The van der Waals surface area contributed by atoms with Gasteiger partial charge in [-0.25, -0.2) is 9.37 Å². The lowest BCUT2D eigenvalue weighted by Crippen LogP contribution is -2.02. The van der Waals surface area contributed by atoms with Crippen molar-refractivity contribution in [3.8, 4) is 5.69 Å². The molecule has 0 fully saturated rings. The summed E-state index contributed by atoms with van der Waals surface area (Å²) >= 11 is 3.16. The van der Waals surface area contributed by atoms with Crippen LogP contribution in [0, 0.1) is 9.39 Å². The molecule has 0 spiro atoms. The second-order valence-corrected chi connectivity index (χ2v) is 5.46. The summed E-state index contributed by atoms with van der Waals surface area (Å²) in [6.07, 6.45) is 3.31. The second kappa shape index (κ2) is 5.70. The van der Waals surface area contributed by atoms with Crippen LogP contribution in [-0.2, 0) is 4.79 Å². The highest BCUT2D eigenvalue weighted by atomic mass is 127. The van der Waals surface area contributed by atoms with Crippen LogP contribution in [0.15, 0.2) is 35.7 Å². The van der Waals surface area contributed by atoms with Crippen molar-refractivity contribution < 1.29 is 14.3 Å². The van der Waals surface area contributed by atoms with Crippen LogP contribution in [0.5, 0.6) is 0 Å². The van der Waals surface area contributed by atoms with Gasteiger partial charge in [-0.3, -0.25) is 9.36 Å². The Hall–Kier alpha value is -1.09. The third-order valence-corrected chi connectivity index (χ3v) is 3.92. The van der Waals surface area contributed by atoms with Gasteiger partial charge in [-0.1, -0.05) is 11.8 Å². The Morgan fingerprint density at radius 3 is 3.00 bits per heavy atom. The Labute approximate surface area is 120 Å². The number of halogens is 2. The number of carboxylic acids is 1. The summed E-state index contributed by atoms with van der Waals surface area (Å²) in [4.78, 5) is 14.6. The van der Waals surface area contributed by atoms with E-state index in [1.54, 1.807) is 23.0 Å². The predicted molar refractivity (Wildman–Crippen MR) is 74.6 cm³/mol. The number of nitrogens with zero attached hydrogens (tertiary/aromatic N) is 2. The maximum Gasteiger partial charge on any atom is 0.313 e. The van der Waals surface area contributed by atoms with Gasteiger partial charge in [-0.15, -0.1) is 0 Å². The van der Waals surface area contributed by atoms with Crippen LogP contribution in [-0.4, -0.2) is 26.4 Å². The zero-order valence-electron chi connectivity index (χ0n) is 9.01. The van der Waals surface area contributed by atoms with E-state index >= 15 is 0 Å². The van der Waals surface area contributed by atoms with Gasteiger partial charge in [0.1, 0.15) is 5.82 Å². The highest BCUT2D eigenvalue weighted by molar-refractivity contribution is 14.1. The van der Waals surface area contributed by atoms with Gasteiger partial charge in [0.25, 0.3) is 0 Å². The summed E-state index contributed by atoms with van der Waals surface area (Å²) in [7, 11) is 0. The first-order chi connectivity index (χ1) is 8.58. The molecule has 0 unspecified atom stereocenters. The summed E-state index contributed by atoms with van der Waals surface area (Å²) in [5, 5.41) is 9.23. The van der Waals surface area contributed by atoms with Crippen molar-refractivity contribution in [3.05, 3.63) is 40.0 Å². The molecule has 0 aliphatic heterocycles. The Morgan fingerprint density at radius 2 is 2.33 bits per heavy atom. The average Bonchev–Trinajstić information content (AvgIpc) is 2.74. The van der Waals surface area contributed by atoms with Gasteiger partial charge < -0.3 is 5.11 Å². The van der Waals surface area contributed by atoms with E-state index in [-0.39, 0.29) is 11.6 Å². The number of hydrogen-bond acceptors (Lipinski definition) is 3. The van der Waals surface area contributed by atoms with E-state index in [1.165, 1.54) is 12.1 Å². The van der Waals surface area contributed by atoms with Gasteiger partial charge in [-0.05, 0) is 40.8 Å². The molecule has 18 heavy (non-hydrogen) atoms. The van der Waals surface area contributed by atoms with Crippen molar-refractivity contribution in [1.29, 1.82) is 0 Å². The first-order valence-corrected chi connectivity index (χ1v) is 6.97. The molecule has 0 saturated carbocycles. The number of rotatable bonds is 4. The fourth-order valence-corrected chi connectivity index (χ4v) is 2.81. The molecule has 2 aromatic rings. The molecule has 1 N–H and O–H groups in total. The lowest BCUT2D eigenvalue weighted by atomic mass is 10.3. The highest BCUT2D eigenvalue weighted by Crippen LogP contribution is 2.24. The number of thioether (sulfide) groups is 1. The van der Waals surface area contributed by atoms with Gasteiger partial charge in [0.15, 0.2) is 5.16 Å². The molecule has 0 aliphatic rings. The largest absolute Gasteiger partial charge is 0.481 e. The molecule has 0 amide bonds. The fourth-order valence-electron chi connectivity index (χ4n) is 1.38. The third kappa shape index (κ3) is 3.02. The minimum absolute atomic E-state index is 0.0607. The molecule has 94 valence electrons. The molecule has 1 aromatic heterocycles. The molecule has 0 radical (unpaired) electrons. The number of imidazole rings is 1. The van der Waals surface area contributed by atoms with Crippen molar-refractivity contribution in [2.45, 2.75) is 5.16 Å². The standard InChI is InChI=1S/C11H8FIN2O2S/c12-7-1-2-9(8(13)5-7)15-4-3-14-11(15)18-6-10(16)17/h1-5H,6H2,(H,16,17). The SMILES string of the molecule is O=C(O)CSc1nccn1-c1ccc(F)cc1I. The van der Waals surface area contributed by atoms with E-state index < -0.39 is 5.97 Å². The number of carboxylic acid groups (broad SMARTS) is 1.